The molecule has 0 unspecified atom stereocenters. The van der Waals surface area contributed by atoms with Gasteiger partial charge in [0, 0.05) is 19.6 Å². The van der Waals surface area contributed by atoms with Crippen LogP contribution in [0.1, 0.15) is 26.2 Å². The Morgan fingerprint density at radius 1 is 1.44 bits per heavy atom. The number of benzene rings is 1. The van der Waals surface area contributed by atoms with Crippen molar-refractivity contribution in [2.45, 2.75) is 26.2 Å². The van der Waals surface area contributed by atoms with E-state index in [0.29, 0.717) is 31.7 Å². The van der Waals surface area contributed by atoms with Gasteiger partial charge >= 0.3 is 0 Å². The minimum atomic E-state index is -0.418. The first-order valence-electron chi connectivity index (χ1n) is 6.06. The molecule has 0 heterocycles. The van der Waals surface area contributed by atoms with Crippen molar-refractivity contribution in [2.24, 2.45) is 0 Å². The smallest absolute Gasteiger partial charge is 0.224 e. The van der Waals surface area contributed by atoms with E-state index in [0.717, 1.165) is 6.42 Å². The standard InChI is InChI=1S/C13H19FN2O2/c1-2-7-18-8-3-4-13(17)16-12-6-5-10(14)9-11(12)15/h5-6,9H,2-4,7-8,15H2,1H3,(H,16,17). The molecule has 0 atom stereocenters. The Hall–Kier alpha value is -1.62. The molecule has 0 fully saturated rings. The van der Waals surface area contributed by atoms with Crippen LogP contribution >= 0.6 is 0 Å². The van der Waals surface area contributed by atoms with Crippen LogP contribution in [0.25, 0.3) is 0 Å². The summed E-state index contributed by atoms with van der Waals surface area (Å²) in [5, 5.41) is 2.64. The predicted molar refractivity (Wildman–Crippen MR) is 69.8 cm³/mol. The van der Waals surface area contributed by atoms with E-state index in [-0.39, 0.29) is 11.6 Å². The lowest BCUT2D eigenvalue weighted by molar-refractivity contribution is -0.116. The molecule has 3 N–H and O–H groups in total. The molecule has 0 radical (unpaired) electrons. The fraction of sp³-hybridized carbons (Fsp3) is 0.462. The van der Waals surface area contributed by atoms with E-state index < -0.39 is 5.82 Å². The van der Waals surface area contributed by atoms with Crippen molar-refractivity contribution in [1.29, 1.82) is 0 Å². The third-order valence-electron chi connectivity index (χ3n) is 2.33. The number of carbonyl (C=O) groups excluding carboxylic acids is 1. The maximum absolute atomic E-state index is 12.8. The van der Waals surface area contributed by atoms with Crippen LogP contribution in [0.5, 0.6) is 0 Å². The van der Waals surface area contributed by atoms with Crippen LogP contribution in [0.2, 0.25) is 0 Å². The number of carbonyl (C=O) groups is 1. The monoisotopic (exact) mass is 254 g/mol. The lowest BCUT2D eigenvalue weighted by atomic mass is 10.2. The summed E-state index contributed by atoms with van der Waals surface area (Å²) < 4.78 is 18.1. The van der Waals surface area contributed by atoms with E-state index in [1.165, 1.54) is 18.2 Å². The molecule has 100 valence electrons. The third kappa shape index (κ3) is 5.14. The second kappa shape index (κ2) is 7.66. The van der Waals surface area contributed by atoms with Gasteiger partial charge in [0.05, 0.1) is 11.4 Å². The molecule has 0 bridgehead atoms. The Kier molecular flexibility index (Phi) is 6.14. The summed E-state index contributed by atoms with van der Waals surface area (Å²) in [6.07, 6.45) is 1.99. The number of ether oxygens (including phenoxy) is 1. The molecule has 1 aromatic carbocycles. The molecule has 4 nitrogen and oxygen atoms in total. The number of hydrogen-bond donors (Lipinski definition) is 2. The Morgan fingerprint density at radius 3 is 2.89 bits per heavy atom. The molecule has 0 saturated heterocycles. The van der Waals surface area contributed by atoms with Gasteiger partial charge in [0.25, 0.3) is 0 Å². The van der Waals surface area contributed by atoms with E-state index in [4.69, 9.17) is 10.5 Å². The number of nitrogens with two attached hydrogens (primary N) is 1. The third-order valence-corrected chi connectivity index (χ3v) is 2.33. The van der Waals surface area contributed by atoms with Gasteiger partial charge < -0.3 is 15.8 Å². The average Bonchev–Trinajstić information content (AvgIpc) is 2.32. The Labute approximate surface area is 106 Å². The number of amides is 1. The zero-order valence-electron chi connectivity index (χ0n) is 10.5. The second-order valence-electron chi connectivity index (χ2n) is 4.00. The SMILES string of the molecule is CCCOCCCC(=O)Nc1ccc(F)cc1N. The van der Waals surface area contributed by atoms with Crippen molar-refractivity contribution in [3.63, 3.8) is 0 Å². The van der Waals surface area contributed by atoms with Crippen LogP contribution in [0, 0.1) is 5.82 Å². The largest absolute Gasteiger partial charge is 0.397 e. The number of nitrogen functional groups attached to an aromatic ring is 1. The first-order valence-corrected chi connectivity index (χ1v) is 6.06. The summed E-state index contributed by atoms with van der Waals surface area (Å²) in [7, 11) is 0. The summed E-state index contributed by atoms with van der Waals surface area (Å²) in [6, 6.07) is 3.90. The zero-order chi connectivity index (χ0) is 13.4. The molecule has 0 spiro atoms. The first-order chi connectivity index (χ1) is 8.63. The molecule has 0 saturated carbocycles. The zero-order valence-corrected chi connectivity index (χ0v) is 10.5. The molecule has 1 rings (SSSR count). The van der Waals surface area contributed by atoms with Crippen molar-refractivity contribution >= 4 is 17.3 Å². The fourth-order valence-corrected chi connectivity index (χ4v) is 1.44. The fourth-order valence-electron chi connectivity index (χ4n) is 1.44. The van der Waals surface area contributed by atoms with Gasteiger partial charge in [0.15, 0.2) is 0 Å². The highest BCUT2D eigenvalue weighted by Gasteiger charge is 2.05. The molecule has 0 aliphatic heterocycles. The summed E-state index contributed by atoms with van der Waals surface area (Å²) in [4.78, 5) is 11.6. The topological polar surface area (TPSA) is 64.3 Å². The highest BCUT2D eigenvalue weighted by molar-refractivity contribution is 5.93. The van der Waals surface area contributed by atoms with Crippen LogP contribution < -0.4 is 11.1 Å². The highest BCUT2D eigenvalue weighted by atomic mass is 19.1. The van der Waals surface area contributed by atoms with Crippen LogP contribution in [0.4, 0.5) is 15.8 Å². The van der Waals surface area contributed by atoms with Gasteiger partial charge in [0.1, 0.15) is 5.82 Å². The molecular formula is C13H19FN2O2. The molecular weight excluding hydrogens is 235 g/mol. The maximum Gasteiger partial charge on any atom is 0.224 e. The van der Waals surface area contributed by atoms with Crippen LogP contribution in [0.3, 0.4) is 0 Å². The van der Waals surface area contributed by atoms with Gasteiger partial charge in [-0.1, -0.05) is 6.92 Å². The molecule has 0 aliphatic rings. The molecule has 1 aromatic rings. The summed E-state index contributed by atoms with van der Waals surface area (Å²) >= 11 is 0. The van der Waals surface area contributed by atoms with Gasteiger partial charge in [0.2, 0.25) is 5.91 Å². The Balaban J connectivity index is 2.31. The molecule has 18 heavy (non-hydrogen) atoms. The number of nitrogens with one attached hydrogen (secondary N) is 1. The number of halogens is 1. The molecule has 5 heteroatoms. The van der Waals surface area contributed by atoms with Crippen LogP contribution in [0.15, 0.2) is 18.2 Å². The lowest BCUT2D eigenvalue weighted by Crippen LogP contribution is -2.13. The van der Waals surface area contributed by atoms with Crippen molar-refractivity contribution in [2.75, 3.05) is 24.3 Å². The quantitative estimate of drug-likeness (QED) is 0.580. The maximum atomic E-state index is 12.8. The first kappa shape index (κ1) is 14.4. The van der Waals surface area contributed by atoms with Crippen molar-refractivity contribution in [3.8, 4) is 0 Å². The van der Waals surface area contributed by atoms with Gasteiger partial charge in [-0.3, -0.25) is 4.79 Å². The highest BCUT2D eigenvalue weighted by Crippen LogP contribution is 2.19. The van der Waals surface area contributed by atoms with E-state index in [1.54, 1.807) is 0 Å². The Bertz CT molecular complexity index is 397. The number of rotatable bonds is 7. The second-order valence-corrected chi connectivity index (χ2v) is 4.00. The Morgan fingerprint density at radius 2 is 2.22 bits per heavy atom. The summed E-state index contributed by atoms with van der Waals surface area (Å²) in [5.74, 6) is -0.563. The van der Waals surface area contributed by atoms with E-state index >= 15 is 0 Å². The van der Waals surface area contributed by atoms with E-state index in [2.05, 4.69) is 5.32 Å². The predicted octanol–water partition coefficient (Wildman–Crippen LogP) is 2.55. The van der Waals surface area contributed by atoms with Gasteiger partial charge in [-0.15, -0.1) is 0 Å². The number of anilines is 2. The lowest BCUT2D eigenvalue weighted by Gasteiger charge is -2.08. The van der Waals surface area contributed by atoms with Crippen LogP contribution in [-0.4, -0.2) is 19.1 Å². The van der Waals surface area contributed by atoms with Crippen LogP contribution in [-0.2, 0) is 9.53 Å². The van der Waals surface area contributed by atoms with Crippen molar-refractivity contribution in [1.82, 2.24) is 0 Å². The normalized spacial score (nSPS) is 10.3. The van der Waals surface area contributed by atoms with E-state index in [1.807, 2.05) is 6.92 Å². The van der Waals surface area contributed by atoms with Crippen molar-refractivity contribution in [3.05, 3.63) is 24.0 Å². The molecule has 0 aliphatic carbocycles. The number of hydrogen-bond acceptors (Lipinski definition) is 3. The van der Waals surface area contributed by atoms with Crippen molar-refractivity contribution < 1.29 is 13.9 Å². The molecule has 1 amide bonds. The van der Waals surface area contributed by atoms with E-state index in [9.17, 15) is 9.18 Å². The summed E-state index contributed by atoms with van der Waals surface area (Å²) in [6.45, 7) is 3.32. The minimum absolute atomic E-state index is 0.145. The van der Waals surface area contributed by atoms with Gasteiger partial charge in [-0.2, -0.15) is 0 Å². The van der Waals surface area contributed by atoms with Gasteiger partial charge in [-0.25, -0.2) is 4.39 Å². The van der Waals surface area contributed by atoms with Gasteiger partial charge in [-0.05, 0) is 31.0 Å². The average molecular weight is 254 g/mol. The minimum Gasteiger partial charge on any atom is -0.397 e. The summed E-state index contributed by atoms with van der Waals surface area (Å²) in [5.41, 5.74) is 6.25. The molecule has 0 aromatic heterocycles.